The molecule has 22 heavy (non-hydrogen) atoms. The summed E-state index contributed by atoms with van der Waals surface area (Å²) in [4.78, 5) is 2.34. The first-order chi connectivity index (χ1) is 10.7. The summed E-state index contributed by atoms with van der Waals surface area (Å²) in [6.07, 6.45) is 3.02. The molecule has 1 fully saturated rings. The maximum Gasteiger partial charge on any atom is 0.119 e. The lowest BCUT2D eigenvalue weighted by Crippen LogP contribution is -2.39. The van der Waals surface area contributed by atoms with Gasteiger partial charge in [-0.2, -0.15) is 0 Å². The van der Waals surface area contributed by atoms with Crippen LogP contribution in [0.1, 0.15) is 25.3 Å². The Hall–Kier alpha value is -1.36. The summed E-state index contributed by atoms with van der Waals surface area (Å²) >= 11 is 0. The van der Waals surface area contributed by atoms with Crippen molar-refractivity contribution in [3.05, 3.63) is 42.5 Å². The molecular formula is C18H27NO3. The third kappa shape index (κ3) is 4.57. The third-order valence-corrected chi connectivity index (χ3v) is 4.13. The Balaban J connectivity index is 2.03. The van der Waals surface area contributed by atoms with Crippen molar-refractivity contribution in [2.75, 3.05) is 39.5 Å². The fourth-order valence-corrected chi connectivity index (χ4v) is 2.80. The SMILES string of the molecule is C=CCC(O)(CCN1CCOCC1)c1ccc(OCC)cc1. The summed E-state index contributed by atoms with van der Waals surface area (Å²) in [6, 6.07) is 7.74. The van der Waals surface area contributed by atoms with Gasteiger partial charge in [0.2, 0.25) is 0 Å². The molecule has 1 heterocycles. The highest BCUT2D eigenvalue weighted by Gasteiger charge is 2.28. The predicted molar refractivity (Wildman–Crippen MR) is 88.2 cm³/mol. The van der Waals surface area contributed by atoms with Crippen LogP contribution in [0.5, 0.6) is 5.75 Å². The molecule has 4 nitrogen and oxygen atoms in total. The van der Waals surface area contributed by atoms with E-state index in [-0.39, 0.29) is 0 Å². The van der Waals surface area contributed by atoms with Gasteiger partial charge in [-0.05, 0) is 37.5 Å². The molecular weight excluding hydrogens is 278 g/mol. The van der Waals surface area contributed by atoms with Gasteiger partial charge in [0.15, 0.2) is 0 Å². The van der Waals surface area contributed by atoms with Crippen molar-refractivity contribution in [3.8, 4) is 5.75 Å². The molecule has 2 rings (SSSR count). The fraction of sp³-hybridized carbons (Fsp3) is 0.556. The van der Waals surface area contributed by atoms with Crippen LogP contribution in [0, 0.1) is 0 Å². The third-order valence-electron chi connectivity index (χ3n) is 4.13. The van der Waals surface area contributed by atoms with Gasteiger partial charge in [0, 0.05) is 19.6 Å². The minimum absolute atomic E-state index is 0.547. The highest BCUT2D eigenvalue weighted by atomic mass is 16.5. The molecule has 0 aliphatic carbocycles. The Morgan fingerprint density at radius 3 is 2.59 bits per heavy atom. The van der Waals surface area contributed by atoms with E-state index in [4.69, 9.17) is 9.47 Å². The van der Waals surface area contributed by atoms with Crippen molar-refractivity contribution in [2.45, 2.75) is 25.4 Å². The first-order valence-corrected chi connectivity index (χ1v) is 8.04. The molecule has 1 aliphatic heterocycles. The second-order valence-corrected chi connectivity index (χ2v) is 5.69. The summed E-state index contributed by atoms with van der Waals surface area (Å²) in [6.45, 7) is 10.7. The zero-order chi connectivity index (χ0) is 15.8. The number of hydrogen-bond acceptors (Lipinski definition) is 4. The van der Waals surface area contributed by atoms with E-state index in [2.05, 4.69) is 11.5 Å². The van der Waals surface area contributed by atoms with Gasteiger partial charge < -0.3 is 14.6 Å². The van der Waals surface area contributed by atoms with E-state index in [9.17, 15) is 5.11 Å². The molecule has 1 aromatic rings. The number of nitrogens with zero attached hydrogens (tertiary/aromatic N) is 1. The second-order valence-electron chi connectivity index (χ2n) is 5.69. The molecule has 1 atom stereocenters. The molecule has 0 amide bonds. The maximum absolute atomic E-state index is 11.1. The average molecular weight is 305 g/mol. The van der Waals surface area contributed by atoms with Crippen LogP contribution in [0.25, 0.3) is 0 Å². The molecule has 0 radical (unpaired) electrons. The summed E-state index contributed by atoms with van der Waals surface area (Å²) in [5.74, 6) is 0.834. The number of morpholine rings is 1. The Labute approximate surface area is 133 Å². The van der Waals surface area contributed by atoms with E-state index in [1.165, 1.54) is 0 Å². The topological polar surface area (TPSA) is 41.9 Å². The summed E-state index contributed by atoms with van der Waals surface area (Å²) in [7, 11) is 0. The van der Waals surface area contributed by atoms with E-state index in [0.29, 0.717) is 19.4 Å². The van der Waals surface area contributed by atoms with E-state index in [1.54, 1.807) is 6.08 Å². The second kappa shape index (κ2) is 8.32. The van der Waals surface area contributed by atoms with Gasteiger partial charge in [-0.25, -0.2) is 0 Å². The summed E-state index contributed by atoms with van der Waals surface area (Å²) < 4.78 is 10.8. The molecule has 122 valence electrons. The van der Waals surface area contributed by atoms with E-state index >= 15 is 0 Å². The largest absolute Gasteiger partial charge is 0.494 e. The summed E-state index contributed by atoms with van der Waals surface area (Å²) in [5.41, 5.74) is 0.0502. The number of rotatable bonds is 8. The van der Waals surface area contributed by atoms with Crippen molar-refractivity contribution in [3.63, 3.8) is 0 Å². The molecule has 1 saturated heterocycles. The van der Waals surface area contributed by atoms with Gasteiger partial charge in [0.05, 0.1) is 25.4 Å². The Morgan fingerprint density at radius 2 is 2.00 bits per heavy atom. The van der Waals surface area contributed by atoms with Crippen molar-refractivity contribution in [2.24, 2.45) is 0 Å². The van der Waals surface area contributed by atoms with Crippen LogP contribution in [-0.2, 0) is 10.3 Å². The van der Waals surface area contributed by atoms with Crippen LogP contribution in [0.4, 0.5) is 0 Å². The standard InChI is InChI=1S/C18H27NO3/c1-3-9-18(20,10-11-19-12-14-21-15-13-19)16-5-7-17(8-6-16)22-4-2/h3,5-8,20H,1,4,9-15H2,2H3. The van der Waals surface area contributed by atoms with Crippen molar-refractivity contribution >= 4 is 0 Å². The van der Waals surface area contributed by atoms with Crippen molar-refractivity contribution in [1.82, 2.24) is 4.90 Å². The Morgan fingerprint density at radius 1 is 1.32 bits per heavy atom. The van der Waals surface area contributed by atoms with Crippen LogP contribution in [0.3, 0.4) is 0 Å². The lowest BCUT2D eigenvalue weighted by molar-refractivity contribution is -0.00297. The number of ether oxygens (including phenoxy) is 2. The van der Waals surface area contributed by atoms with E-state index in [1.807, 2.05) is 31.2 Å². The Kier molecular flexibility index (Phi) is 6.43. The minimum atomic E-state index is -0.870. The average Bonchev–Trinajstić information content (AvgIpc) is 2.55. The zero-order valence-electron chi connectivity index (χ0n) is 13.5. The van der Waals surface area contributed by atoms with Gasteiger partial charge >= 0.3 is 0 Å². The first kappa shape index (κ1) is 17.0. The smallest absolute Gasteiger partial charge is 0.119 e. The number of hydrogen-bond donors (Lipinski definition) is 1. The molecule has 1 aromatic carbocycles. The highest BCUT2D eigenvalue weighted by Crippen LogP contribution is 2.31. The lowest BCUT2D eigenvalue weighted by Gasteiger charge is -2.33. The highest BCUT2D eigenvalue weighted by molar-refractivity contribution is 5.31. The van der Waals surface area contributed by atoms with Gasteiger partial charge in [-0.1, -0.05) is 18.2 Å². The quantitative estimate of drug-likeness (QED) is 0.750. The van der Waals surface area contributed by atoms with Gasteiger partial charge in [-0.3, -0.25) is 4.90 Å². The molecule has 4 heteroatoms. The van der Waals surface area contributed by atoms with Crippen LogP contribution in [0.15, 0.2) is 36.9 Å². The molecule has 1 N–H and O–H groups in total. The predicted octanol–water partition coefficient (Wildman–Crippen LogP) is 2.57. The summed E-state index contributed by atoms with van der Waals surface area (Å²) in [5, 5.41) is 11.1. The molecule has 0 saturated carbocycles. The molecule has 1 unspecified atom stereocenters. The Bertz CT molecular complexity index is 454. The molecule has 1 aliphatic rings. The van der Waals surface area contributed by atoms with Crippen LogP contribution in [-0.4, -0.2) is 49.5 Å². The van der Waals surface area contributed by atoms with Crippen LogP contribution < -0.4 is 4.74 Å². The molecule has 0 aromatic heterocycles. The van der Waals surface area contributed by atoms with Crippen LogP contribution >= 0.6 is 0 Å². The van der Waals surface area contributed by atoms with Crippen molar-refractivity contribution in [1.29, 1.82) is 0 Å². The fourth-order valence-electron chi connectivity index (χ4n) is 2.80. The maximum atomic E-state index is 11.1. The number of aliphatic hydroxyl groups is 1. The first-order valence-electron chi connectivity index (χ1n) is 8.04. The molecule has 0 spiro atoms. The minimum Gasteiger partial charge on any atom is -0.494 e. The van der Waals surface area contributed by atoms with E-state index < -0.39 is 5.60 Å². The lowest BCUT2D eigenvalue weighted by atomic mass is 9.87. The van der Waals surface area contributed by atoms with Gasteiger partial charge in [0.1, 0.15) is 5.75 Å². The normalized spacial score (nSPS) is 18.6. The van der Waals surface area contributed by atoms with Gasteiger partial charge in [0.25, 0.3) is 0 Å². The number of benzene rings is 1. The van der Waals surface area contributed by atoms with E-state index in [0.717, 1.165) is 44.2 Å². The van der Waals surface area contributed by atoms with Crippen molar-refractivity contribution < 1.29 is 14.6 Å². The zero-order valence-corrected chi connectivity index (χ0v) is 13.5. The molecule has 0 bridgehead atoms. The van der Waals surface area contributed by atoms with Gasteiger partial charge in [-0.15, -0.1) is 6.58 Å². The van der Waals surface area contributed by atoms with Crippen LogP contribution in [0.2, 0.25) is 0 Å². The monoisotopic (exact) mass is 305 g/mol.